The van der Waals surface area contributed by atoms with E-state index in [1.807, 2.05) is 24.3 Å². The fourth-order valence-electron chi connectivity index (χ4n) is 5.39. The van der Waals surface area contributed by atoms with Crippen LogP contribution in [0.4, 0.5) is 13.6 Å². The lowest BCUT2D eigenvalue weighted by atomic mass is 9.69. The third-order valence-corrected chi connectivity index (χ3v) is 7.04. The Bertz CT molecular complexity index is 1100. The lowest BCUT2D eigenvalue weighted by molar-refractivity contribution is -0.213. The van der Waals surface area contributed by atoms with Crippen molar-refractivity contribution in [3.05, 3.63) is 35.5 Å². The van der Waals surface area contributed by atoms with Crippen LogP contribution in [0, 0.1) is 5.41 Å². The molecular formula is C24H29F2N3O3. The molecule has 0 N–H and O–H groups in total. The van der Waals surface area contributed by atoms with Gasteiger partial charge in [-0.15, -0.1) is 0 Å². The van der Waals surface area contributed by atoms with Gasteiger partial charge in [-0.05, 0) is 46.1 Å². The van der Waals surface area contributed by atoms with E-state index in [0.717, 1.165) is 36.0 Å². The lowest BCUT2D eigenvalue weighted by Crippen LogP contribution is -2.71. The molecule has 5 rings (SSSR count). The van der Waals surface area contributed by atoms with Crippen molar-refractivity contribution in [2.24, 2.45) is 5.41 Å². The first-order valence-corrected chi connectivity index (χ1v) is 11.3. The van der Waals surface area contributed by atoms with Gasteiger partial charge in [-0.2, -0.15) is 0 Å². The van der Waals surface area contributed by atoms with E-state index in [-0.39, 0.29) is 32.0 Å². The summed E-state index contributed by atoms with van der Waals surface area (Å²) in [6, 6.07) is 7.71. The van der Waals surface area contributed by atoms with E-state index in [2.05, 4.69) is 4.57 Å². The molecule has 32 heavy (non-hydrogen) atoms. The second-order valence-electron chi connectivity index (χ2n) is 10.4. The molecule has 1 aromatic heterocycles. The minimum absolute atomic E-state index is 0.0402. The van der Waals surface area contributed by atoms with Crippen molar-refractivity contribution in [3.63, 3.8) is 0 Å². The van der Waals surface area contributed by atoms with Gasteiger partial charge in [0.1, 0.15) is 5.60 Å². The van der Waals surface area contributed by atoms with Gasteiger partial charge in [0, 0.05) is 42.8 Å². The molecule has 2 fully saturated rings. The largest absolute Gasteiger partial charge is 0.444 e. The fourth-order valence-corrected chi connectivity index (χ4v) is 5.39. The van der Waals surface area contributed by atoms with Crippen molar-refractivity contribution < 1.29 is 23.1 Å². The third-order valence-electron chi connectivity index (χ3n) is 7.04. The molecule has 0 aliphatic carbocycles. The molecular weight excluding hydrogens is 416 g/mol. The van der Waals surface area contributed by atoms with Crippen molar-refractivity contribution in [1.82, 2.24) is 14.4 Å². The summed E-state index contributed by atoms with van der Waals surface area (Å²) >= 11 is 0. The number of carbonyl (C=O) groups excluding carboxylic acids is 2. The number of para-hydroxylation sites is 1. The van der Waals surface area contributed by atoms with Gasteiger partial charge in [-0.3, -0.25) is 4.79 Å². The molecule has 0 unspecified atom stereocenters. The van der Waals surface area contributed by atoms with E-state index in [1.54, 1.807) is 20.8 Å². The number of hydrogen-bond donors (Lipinski definition) is 0. The van der Waals surface area contributed by atoms with E-state index in [9.17, 15) is 9.59 Å². The highest BCUT2D eigenvalue weighted by Gasteiger charge is 2.64. The van der Waals surface area contributed by atoms with Gasteiger partial charge in [0.15, 0.2) is 0 Å². The summed E-state index contributed by atoms with van der Waals surface area (Å²) in [5.41, 5.74) is 0.577. The maximum Gasteiger partial charge on any atom is 0.410 e. The van der Waals surface area contributed by atoms with E-state index < -0.39 is 29.6 Å². The zero-order valence-electron chi connectivity index (χ0n) is 18.8. The van der Waals surface area contributed by atoms with Crippen LogP contribution in [0.5, 0.6) is 0 Å². The zero-order valence-corrected chi connectivity index (χ0v) is 18.8. The number of hydrogen-bond acceptors (Lipinski definition) is 3. The molecule has 0 saturated carbocycles. The number of aryl methyl sites for hydroxylation is 1. The van der Waals surface area contributed by atoms with Gasteiger partial charge in [-0.25, -0.2) is 13.6 Å². The Morgan fingerprint density at radius 2 is 1.75 bits per heavy atom. The molecule has 3 aliphatic rings. The van der Waals surface area contributed by atoms with Gasteiger partial charge >= 0.3 is 6.09 Å². The molecule has 1 spiro atoms. The van der Waals surface area contributed by atoms with Gasteiger partial charge in [0.25, 0.3) is 11.8 Å². The number of likely N-dealkylation sites (tertiary alicyclic amines) is 2. The third kappa shape index (κ3) is 3.18. The van der Waals surface area contributed by atoms with Crippen LogP contribution in [0.25, 0.3) is 10.9 Å². The summed E-state index contributed by atoms with van der Waals surface area (Å²) in [5.74, 6) is -3.38. The van der Waals surface area contributed by atoms with Crippen LogP contribution in [0.3, 0.4) is 0 Å². The minimum Gasteiger partial charge on any atom is -0.444 e. The molecule has 0 atom stereocenters. The number of rotatable bonds is 1. The Kier molecular flexibility index (Phi) is 4.59. The number of nitrogens with zero attached hydrogens (tertiary/aromatic N) is 3. The quantitative estimate of drug-likeness (QED) is 0.658. The van der Waals surface area contributed by atoms with Crippen LogP contribution in [-0.2, 0) is 17.7 Å². The topological polar surface area (TPSA) is 54.8 Å². The lowest BCUT2D eigenvalue weighted by Gasteiger charge is -2.56. The highest BCUT2D eigenvalue weighted by molar-refractivity contribution is 6.08. The number of piperidine rings is 1. The first kappa shape index (κ1) is 21.2. The number of aromatic nitrogens is 1. The molecule has 6 nitrogen and oxygen atoms in total. The molecule has 8 heteroatoms. The number of halogens is 2. The molecule has 4 heterocycles. The molecule has 0 bridgehead atoms. The minimum atomic E-state index is -3.07. The average molecular weight is 446 g/mol. The standard InChI is InChI=1S/C24H29F2N3O3/c1-22(2,3)32-21(31)28-13-23(14-28)10-12-27(15-24(23,25)26)20(30)19-16-7-4-5-8-17(16)29-11-6-9-18(19)29/h4-5,7-8H,6,9-15H2,1-3H3. The number of alkyl halides is 2. The molecule has 3 aliphatic heterocycles. The Morgan fingerprint density at radius 1 is 1.03 bits per heavy atom. The van der Waals surface area contributed by atoms with Crippen LogP contribution >= 0.6 is 0 Å². The van der Waals surface area contributed by atoms with Crippen LogP contribution in [0.2, 0.25) is 0 Å². The van der Waals surface area contributed by atoms with Gasteiger partial charge in [0.2, 0.25) is 0 Å². The number of ether oxygens (including phenoxy) is 1. The van der Waals surface area contributed by atoms with E-state index >= 15 is 8.78 Å². The Labute approximate surface area is 186 Å². The van der Waals surface area contributed by atoms with Crippen LogP contribution in [-0.4, -0.2) is 64.1 Å². The normalized spacial score (nSPS) is 21.5. The first-order chi connectivity index (χ1) is 15.0. The van der Waals surface area contributed by atoms with Crippen LogP contribution in [0.1, 0.15) is 49.7 Å². The first-order valence-electron chi connectivity index (χ1n) is 11.3. The molecule has 1 aromatic carbocycles. The summed E-state index contributed by atoms with van der Waals surface area (Å²) in [6.07, 6.45) is 1.35. The van der Waals surface area contributed by atoms with Crippen molar-refractivity contribution in [2.45, 2.75) is 58.1 Å². The Hall–Kier alpha value is -2.64. The average Bonchev–Trinajstić information content (AvgIpc) is 3.24. The van der Waals surface area contributed by atoms with Crippen LogP contribution < -0.4 is 0 Å². The Morgan fingerprint density at radius 3 is 2.44 bits per heavy atom. The van der Waals surface area contributed by atoms with Gasteiger partial charge in [0.05, 0.1) is 17.5 Å². The maximum absolute atomic E-state index is 15.3. The fraction of sp³-hybridized carbons (Fsp3) is 0.583. The summed E-state index contributed by atoms with van der Waals surface area (Å²) in [7, 11) is 0. The molecule has 2 amide bonds. The van der Waals surface area contributed by atoms with Gasteiger partial charge in [-0.1, -0.05) is 18.2 Å². The number of benzene rings is 1. The van der Waals surface area contributed by atoms with Crippen molar-refractivity contribution in [1.29, 1.82) is 0 Å². The Balaban J connectivity index is 1.34. The van der Waals surface area contributed by atoms with E-state index in [1.165, 1.54) is 9.80 Å². The highest BCUT2D eigenvalue weighted by Crippen LogP contribution is 2.50. The second kappa shape index (κ2) is 6.93. The predicted octanol–water partition coefficient (Wildman–Crippen LogP) is 4.31. The van der Waals surface area contributed by atoms with E-state index in [0.29, 0.717) is 5.56 Å². The van der Waals surface area contributed by atoms with E-state index in [4.69, 9.17) is 4.74 Å². The van der Waals surface area contributed by atoms with Crippen LogP contribution in [0.15, 0.2) is 24.3 Å². The van der Waals surface area contributed by atoms with Crippen molar-refractivity contribution in [2.75, 3.05) is 26.2 Å². The second-order valence-corrected chi connectivity index (χ2v) is 10.4. The summed E-state index contributed by atoms with van der Waals surface area (Å²) in [4.78, 5) is 28.3. The maximum atomic E-state index is 15.3. The monoisotopic (exact) mass is 445 g/mol. The molecule has 2 saturated heterocycles. The SMILES string of the molecule is CC(C)(C)OC(=O)N1CC2(CCN(C(=O)c3c4n(c5ccccc35)CCC4)CC2(F)F)C1. The summed E-state index contributed by atoms with van der Waals surface area (Å²) in [6.45, 7) is 5.67. The predicted molar refractivity (Wildman–Crippen MR) is 116 cm³/mol. The van der Waals surface area contributed by atoms with Gasteiger partial charge < -0.3 is 19.1 Å². The number of fused-ring (bicyclic) bond motifs is 3. The molecule has 2 aromatic rings. The summed E-state index contributed by atoms with van der Waals surface area (Å²) in [5, 5.41) is 0.843. The van der Waals surface area contributed by atoms with Crippen molar-refractivity contribution >= 4 is 22.9 Å². The summed E-state index contributed by atoms with van der Waals surface area (Å²) < 4.78 is 38.1. The van der Waals surface area contributed by atoms with Crippen molar-refractivity contribution in [3.8, 4) is 0 Å². The molecule has 0 radical (unpaired) electrons. The smallest absolute Gasteiger partial charge is 0.410 e. The molecule has 172 valence electrons. The number of amides is 2. The number of carbonyl (C=O) groups is 2. The highest BCUT2D eigenvalue weighted by atomic mass is 19.3. The zero-order chi connectivity index (χ0) is 22.9.